The molecule has 2 aliphatic rings. The maximum atomic E-state index is 12.2. The lowest BCUT2D eigenvalue weighted by Gasteiger charge is -2.42. The molecule has 0 aromatic heterocycles. The zero-order chi connectivity index (χ0) is 17.4. The average Bonchev–Trinajstić information content (AvgIpc) is 2.67. The number of nitrogens with zero attached hydrogens (tertiary/aromatic N) is 1. The van der Waals surface area contributed by atoms with Crippen LogP contribution in [0.4, 0.5) is 0 Å². The van der Waals surface area contributed by atoms with Gasteiger partial charge >= 0.3 is 0 Å². The minimum Gasteiger partial charge on any atom is -0.337 e. The van der Waals surface area contributed by atoms with Crippen LogP contribution in [0.5, 0.6) is 0 Å². The van der Waals surface area contributed by atoms with Crippen molar-refractivity contribution in [2.45, 2.75) is 76.2 Å². The first-order chi connectivity index (χ1) is 10.5. The number of rotatable bonds is 4. The van der Waals surface area contributed by atoms with Crippen LogP contribution >= 0.6 is 0 Å². The normalized spacial score (nSPS) is 33.3. The quantitative estimate of drug-likeness (QED) is 0.652. The van der Waals surface area contributed by atoms with Gasteiger partial charge in [-0.25, -0.2) is 13.1 Å². The Kier molecular flexibility index (Phi) is 5.40. The summed E-state index contributed by atoms with van der Waals surface area (Å²) in [5.41, 5.74) is 5.79. The van der Waals surface area contributed by atoms with Crippen molar-refractivity contribution in [2.75, 3.05) is 12.8 Å². The van der Waals surface area contributed by atoms with E-state index in [9.17, 15) is 13.2 Å². The van der Waals surface area contributed by atoms with Crippen LogP contribution in [-0.2, 0) is 14.8 Å². The maximum Gasteiger partial charge on any atom is 0.239 e. The smallest absolute Gasteiger partial charge is 0.239 e. The monoisotopic (exact) mass is 346 g/mol. The summed E-state index contributed by atoms with van der Waals surface area (Å²) in [6.45, 7) is 6.91. The van der Waals surface area contributed by atoms with Crippen LogP contribution in [0.25, 0.3) is 0 Å². The number of likely N-dealkylation sites (tertiary alicyclic amines) is 1. The fourth-order valence-electron chi connectivity index (χ4n) is 3.73. The summed E-state index contributed by atoms with van der Waals surface area (Å²) in [5.74, 6) is -0.0578. The molecular weight excluding hydrogens is 316 g/mol. The standard InChI is InChI=1S/C15H30N4O3S/c1-15(2,3)17-10-5-6-13(12(9-10)18-23(4,21)22)19-8-7-11(16)14(19)20/h10-13,17-18H,5-9,16H2,1-4H3/t10-,11+,12-,13+/m1/s1. The summed E-state index contributed by atoms with van der Waals surface area (Å²) < 4.78 is 26.2. The molecule has 0 aromatic rings. The van der Waals surface area contributed by atoms with E-state index < -0.39 is 16.1 Å². The number of carbonyl (C=O) groups excluding carboxylic acids is 1. The lowest BCUT2D eigenvalue weighted by molar-refractivity contribution is -0.131. The molecule has 134 valence electrons. The molecule has 1 amide bonds. The van der Waals surface area contributed by atoms with Crippen molar-refractivity contribution in [3.63, 3.8) is 0 Å². The lowest BCUT2D eigenvalue weighted by atomic mass is 9.85. The fraction of sp³-hybridized carbons (Fsp3) is 0.933. The van der Waals surface area contributed by atoms with Gasteiger partial charge in [0.2, 0.25) is 15.9 Å². The molecule has 1 aliphatic heterocycles. The highest BCUT2D eigenvalue weighted by Gasteiger charge is 2.41. The van der Waals surface area contributed by atoms with Gasteiger partial charge in [0.25, 0.3) is 0 Å². The third kappa shape index (κ3) is 5.14. The maximum absolute atomic E-state index is 12.2. The van der Waals surface area contributed by atoms with E-state index in [2.05, 4.69) is 30.8 Å². The lowest BCUT2D eigenvalue weighted by Crippen LogP contribution is -2.59. The molecule has 4 N–H and O–H groups in total. The molecule has 0 unspecified atom stereocenters. The van der Waals surface area contributed by atoms with Crippen molar-refractivity contribution in [1.82, 2.24) is 14.9 Å². The Bertz CT molecular complexity index is 543. The largest absolute Gasteiger partial charge is 0.337 e. The fourth-order valence-corrected chi connectivity index (χ4v) is 4.53. The Morgan fingerprint density at radius 2 is 1.87 bits per heavy atom. The van der Waals surface area contributed by atoms with Gasteiger partial charge in [0.15, 0.2) is 0 Å². The molecule has 2 fully saturated rings. The van der Waals surface area contributed by atoms with Crippen molar-refractivity contribution < 1.29 is 13.2 Å². The summed E-state index contributed by atoms with van der Waals surface area (Å²) in [6.07, 6.45) is 4.18. The first kappa shape index (κ1) is 18.6. The number of hydrogen-bond donors (Lipinski definition) is 3. The number of nitrogens with two attached hydrogens (primary N) is 1. The van der Waals surface area contributed by atoms with Gasteiger partial charge in [0.05, 0.1) is 12.3 Å². The second-order valence-electron chi connectivity index (χ2n) is 7.89. The first-order valence-corrected chi connectivity index (χ1v) is 10.2. The molecule has 23 heavy (non-hydrogen) atoms. The Balaban J connectivity index is 2.13. The number of nitrogens with one attached hydrogen (secondary N) is 2. The second kappa shape index (κ2) is 6.66. The molecule has 0 radical (unpaired) electrons. The van der Waals surface area contributed by atoms with Crippen molar-refractivity contribution >= 4 is 15.9 Å². The number of carbonyl (C=O) groups is 1. The summed E-state index contributed by atoms with van der Waals surface area (Å²) in [7, 11) is -3.33. The zero-order valence-corrected chi connectivity index (χ0v) is 15.3. The average molecular weight is 346 g/mol. The summed E-state index contributed by atoms with van der Waals surface area (Å²) in [4.78, 5) is 14.0. The van der Waals surface area contributed by atoms with Crippen molar-refractivity contribution in [2.24, 2.45) is 5.73 Å². The number of amides is 1. The van der Waals surface area contributed by atoms with Crippen LogP contribution in [0.1, 0.15) is 46.5 Å². The van der Waals surface area contributed by atoms with Crippen LogP contribution in [-0.4, -0.2) is 61.7 Å². The summed E-state index contributed by atoms with van der Waals surface area (Å²) >= 11 is 0. The Hall–Kier alpha value is -0.700. The Morgan fingerprint density at radius 3 is 2.35 bits per heavy atom. The molecule has 8 heteroatoms. The SMILES string of the molecule is CC(C)(C)N[C@@H]1CC[C@H](N2CC[C@H](N)C2=O)[C@H](NS(C)(=O)=O)C1. The van der Waals surface area contributed by atoms with Gasteiger partial charge in [-0.15, -0.1) is 0 Å². The summed E-state index contributed by atoms with van der Waals surface area (Å²) in [6, 6.07) is -0.590. The third-order valence-electron chi connectivity index (χ3n) is 4.50. The highest BCUT2D eigenvalue weighted by atomic mass is 32.2. The molecule has 4 atom stereocenters. The van der Waals surface area contributed by atoms with Gasteiger partial charge in [-0.3, -0.25) is 4.79 Å². The van der Waals surface area contributed by atoms with Crippen molar-refractivity contribution in [3.05, 3.63) is 0 Å². The van der Waals surface area contributed by atoms with Gasteiger partial charge in [-0.2, -0.15) is 0 Å². The van der Waals surface area contributed by atoms with Gasteiger partial charge in [0, 0.05) is 30.2 Å². The van der Waals surface area contributed by atoms with E-state index in [-0.39, 0.29) is 29.6 Å². The van der Waals surface area contributed by atoms with E-state index in [1.165, 1.54) is 6.26 Å². The van der Waals surface area contributed by atoms with Gasteiger partial charge in [-0.1, -0.05) is 0 Å². The van der Waals surface area contributed by atoms with Crippen LogP contribution in [0.3, 0.4) is 0 Å². The van der Waals surface area contributed by atoms with E-state index in [0.29, 0.717) is 19.4 Å². The Morgan fingerprint density at radius 1 is 1.22 bits per heavy atom. The minimum atomic E-state index is -3.33. The molecule has 1 saturated heterocycles. The highest BCUT2D eigenvalue weighted by molar-refractivity contribution is 7.88. The molecule has 0 aromatic carbocycles. The molecule has 1 saturated carbocycles. The molecule has 1 heterocycles. The highest BCUT2D eigenvalue weighted by Crippen LogP contribution is 2.28. The second-order valence-corrected chi connectivity index (χ2v) is 9.68. The predicted octanol–water partition coefficient (Wildman–Crippen LogP) is -0.227. The van der Waals surface area contributed by atoms with Crippen LogP contribution in [0.15, 0.2) is 0 Å². The topological polar surface area (TPSA) is 105 Å². The zero-order valence-electron chi connectivity index (χ0n) is 14.5. The van der Waals surface area contributed by atoms with Crippen LogP contribution < -0.4 is 15.8 Å². The Labute approximate surface area is 139 Å². The first-order valence-electron chi connectivity index (χ1n) is 8.27. The molecule has 0 bridgehead atoms. The van der Waals surface area contributed by atoms with Crippen LogP contribution in [0.2, 0.25) is 0 Å². The van der Waals surface area contributed by atoms with Gasteiger partial charge < -0.3 is 16.0 Å². The van der Waals surface area contributed by atoms with E-state index in [0.717, 1.165) is 12.8 Å². The van der Waals surface area contributed by atoms with E-state index in [4.69, 9.17) is 5.73 Å². The number of hydrogen-bond acceptors (Lipinski definition) is 5. The van der Waals surface area contributed by atoms with E-state index >= 15 is 0 Å². The molecule has 0 spiro atoms. The summed E-state index contributed by atoms with van der Waals surface area (Å²) in [5, 5.41) is 3.54. The third-order valence-corrected chi connectivity index (χ3v) is 5.23. The van der Waals surface area contributed by atoms with Gasteiger partial charge in [0.1, 0.15) is 0 Å². The minimum absolute atomic E-state index is 0.0288. The van der Waals surface area contributed by atoms with E-state index in [1.54, 1.807) is 4.90 Å². The predicted molar refractivity (Wildman–Crippen MR) is 90.4 cm³/mol. The molecule has 1 aliphatic carbocycles. The van der Waals surface area contributed by atoms with Gasteiger partial charge in [-0.05, 0) is 46.5 Å². The van der Waals surface area contributed by atoms with E-state index in [1.807, 2.05) is 0 Å². The van der Waals surface area contributed by atoms with Crippen molar-refractivity contribution in [3.8, 4) is 0 Å². The van der Waals surface area contributed by atoms with Crippen LogP contribution in [0, 0.1) is 0 Å². The molecule has 7 nitrogen and oxygen atoms in total. The molecular formula is C15H30N4O3S. The number of sulfonamides is 1. The molecule has 2 rings (SSSR count). The van der Waals surface area contributed by atoms with Crippen molar-refractivity contribution in [1.29, 1.82) is 0 Å².